The number of hydrogen-bond donors (Lipinski definition) is 1. The molecule has 22 heavy (non-hydrogen) atoms. The van der Waals surface area contributed by atoms with Crippen LogP contribution in [0.3, 0.4) is 0 Å². The van der Waals surface area contributed by atoms with Gasteiger partial charge in [-0.05, 0) is 18.9 Å². The van der Waals surface area contributed by atoms with Crippen LogP contribution >= 0.6 is 0 Å². The number of piperidine rings is 1. The fraction of sp³-hybridized carbons (Fsp3) is 0.667. The summed E-state index contributed by atoms with van der Waals surface area (Å²) in [6.07, 6.45) is 3.47. The topological polar surface area (TPSA) is 90.4 Å². The minimum atomic E-state index is -0.364. The van der Waals surface area contributed by atoms with E-state index in [0.29, 0.717) is 31.7 Å². The highest BCUT2D eigenvalue weighted by Gasteiger charge is 2.33. The van der Waals surface area contributed by atoms with Crippen molar-refractivity contribution in [3.8, 4) is 0 Å². The molecule has 2 rings (SSSR count). The Kier molecular flexibility index (Phi) is 5.54. The summed E-state index contributed by atoms with van der Waals surface area (Å²) in [4.78, 5) is 25.7. The molecule has 0 bridgehead atoms. The predicted octanol–water partition coefficient (Wildman–Crippen LogP) is 0.646. The van der Waals surface area contributed by atoms with E-state index in [1.54, 1.807) is 29.0 Å². The third-order valence-corrected chi connectivity index (χ3v) is 4.09. The molecule has 1 aliphatic rings. The van der Waals surface area contributed by atoms with Gasteiger partial charge in [0.1, 0.15) is 5.69 Å². The van der Waals surface area contributed by atoms with Gasteiger partial charge in [-0.2, -0.15) is 5.10 Å². The molecule has 0 aromatic carbocycles. The van der Waals surface area contributed by atoms with Gasteiger partial charge in [-0.3, -0.25) is 14.3 Å². The quantitative estimate of drug-likeness (QED) is 0.835. The van der Waals surface area contributed by atoms with Crippen molar-refractivity contribution in [3.05, 3.63) is 18.0 Å². The fourth-order valence-corrected chi connectivity index (χ4v) is 3.03. The van der Waals surface area contributed by atoms with Gasteiger partial charge in [0.25, 0.3) is 5.91 Å². The van der Waals surface area contributed by atoms with Gasteiger partial charge in [0, 0.05) is 45.3 Å². The minimum absolute atomic E-state index is 0.0305. The number of nitrogens with two attached hydrogens (primary N) is 1. The number of rotatable bonds is 6. The molecule has 1 fully saturated rings. The van der Waals surface area contributed by atoms with E-state index in [1.807, 2.05) is 6.92 Å². The lowest BCUT2D eigenvalue weighted by Crippen LogP contribution is -2.48. The number of nitrogens with zero attached hydrogens (tertiary/aromatic N) is 3. The number of aromatic nitrogens is 2. The number of primary amides is 1. The number of methoxy groups -OCH3 is 1. The molecule has 122 valence electrons. The van der Waals surface area contributed by atoms with Crippen LogP contribution in [-0.2, 0) is 16.1 Å². The van der Waals surface area contributed by atoms with Crippen LogP contribution in [0.2, 0.25) is 0 Å². The Morgan fingerprint density at radius 1 is 1.50 bits per heavy atom. The molecular weight excluding hydrogens is 284 g/mol. The molecule has 0 radical (unpaired) electrons. The summed E-state index contributed by atoms with van der Waals surface area (Å²) in [5.74, 6) is -0.463. The maximum atomic E-state index is 12.7. The van der Waals surface area contributed by atoms with Crippen LogP contribution in [-0.4, -0.2) is 52.8 Å². The van der Waals surface area contributed by atoms with E-state index in [9.17, 15) is 9.59 Å². The van der Waals surface area contributed by atoms with Crippen LogP contribution in [0.4, 0.5) is 0 Å². The molecule has 1 aliphatic heterocycles. The second kappa shape index (κ2) is 7.40. The summed E-state index contributed by atoms with van der Waals surface area (Å²) < 4.78 is 7.15. The Morgan fingerprint density at radius 3 is 2.91 bits per heavy atom. The largest absolute Gasteiger partial charge is 0.381 e. The fourth-order valence-electron chi connectivity index (χ4n) is 3.03. The van der Waals surface area contributed by atoms with Gasteiger partial charge < -0.3 is 15.4 Å². The third-order valence-electron chi connectivity index (χ3n) is 4.09. The van der Waals surface area contributed by atoms with Crippen molar-refractivity contribution in [2.45, 2.75) is 38.8 Å². The second-order valence-electron chi connectivity index (χ2n) is 5.68. The minimum Gasteiger partial charge on any atom is -0.381 e. The number of amides is 2. The van der Waals surface area contributed by atoms with Gasteiger partial charge >= 0.3 is 0 Å². The lowest BCUT2D eigenvalue weighted by atomic mass is 9.91. The van der Waals surface area contributed by atoms with Crippen molar-refractivity contribution in [1.82, 2.24) is 14.7 Å². The summed E-state index contributed by atoms with van der Waals surface area (Å²) in [6, 6.07) is 1.74. The Balaban J connectivity index is 2.09. The molecule has 2 atom stereocenters. The number of carbonyl (C=O) groups excluding carboxylic acids is 2. The van der Waals surface area contributed by atoms with E-state index in [4.69, 9.17) is 10.5 Å². The molecule has 0 saturated carbocycles. The van der Waals surface area contributed by atoms with Crippen molar-refractivity contribution in [2.75, 3.05) is 20.2 Å². The van der Waals surface area contributed by atoms with Gasteiger partial charge in [-0.25, -0.2) is 0 Å². The highest BCUT2D eigenvalue weighted by molar-refractivity contribution is 5.92. The van der Waals surface area contributed by atoms with E-state index in [-0.39, 0.29) is 30.3 Å². The lowest BCUT2D eigenvalue weighted by Gasteiger charge is -2.37. The first-order valence-electron chi connectivity index (χ1n) is 7.69. The molecule has 7 nitrogen and oxygen atoms in total. The first-order valence-corrected chi connectivity index (χ1v) is 7.69. The van der Waals surface area contributed by atoms with E-state index in [2.05, 4.69) is 5.10 Å². The molecular formula is C15H24N4O3. The smallest absolute Gasteiger partial charge is 0.272 e. The normalized spacial score (nSPS) is 21.8. The molecule has 7 heteroatoms. The maximum Gasteiger partial charge on any atom is 0.272 e. The van der Waals surface area contributed by atoms with Crippen LogP contribution in [0.5, 0.6) is 0 Å². The third kappa shape index (κ3) is 3.65. The molecule has 2 N–H and O–H groups in total. The van der Waals surface area contributed by atoms with E-state index in [0.717, 1.165) is 6.42 Å². The summed E-state index contributed by atoms with van der Waals surface area (Å²) in [7, 11) is 1.63. The predicted molar refractivity (Wildman–Crippen MR) is 81.1 cm³/mol. The molecule has 2 heterocycles. The molecule has 1 aromatic rings. The van der Waals surface area contributed by atoms with Crippen molar-refractivity contribution < 1.29 is 14.3 Å². The molecule has 0 spiro atoms. The monoisotopic (exact) mass is 308 g/mol. The van der Waals surface area contributed by atoms with Crippen molar-refractivity contribution in [3.63, 3.8) is 0 Å². The van der Waals surface area contributed by atoms with Gasteiger partial charge in [-0.1, -0.05) is 6.92 Å². The Bertz CT molecular complexity index is 529. The number of aryl methyl sites for hydroxylation is 1. The SMILES string of the molecule is CCCn1nccc1C(=O)N1CC[C@@H](OC)[C@H](CC(N)=O)C1. The zero-order chi connectivity index (χ0) is 16.1. The van der Waals surface area contributed by atoms with Crippen LogP contribution in [0.1, 0.15) is 36.7 Å². The molecule has 1 saturated heterocycles. The van der Waals surface area contributed by atoms with Crippen molar-refractivity contribution >= 4 is 11.8 Å². The average Bonchev–Trinajstić information content (AvgIpc) is 2.94. The molecule has 0 unspecified atom stereocenters. The van der Waals surface area contributed by atoms with Gasteiger partial charge in [0.2, 0.25) is 5.91 Å². The zero-order valence-electron chi connectivity index (χ0n) is 13.2. The van der Waals surface area contributed by atoms with Crippen LogP contribution in [0.25, 0.3) is 0 Å². The van der Waals surface area contributed by atoms with Crippen LogP contribution < -0.4 is 5.73 Å². The number of likely N-dealkylation sites (tertiary alicyclic amines) is 1. The highest BCUT2D eigenvalue weighted by atomic mass is 16.5. The van der Waals surface area contributed by atoms with Crippen molar-refractivity contribution in [2.24, 2.45) is 11.7 Å². The highest BCUT2D eigenvalue weighted by Crippen LogP contribution is 2.24. The Hall–Kier alpha value is -1.89. The molecule has 1 aromatic heterocycles. The first-order chi connectivity index (χ1) is 10.6. The van der Waals surface area contributed by atoms with Gasteiger partial charge in [0.15, 0.2) is 0 Å². The lowest BCUT2D eigenvalue weighted by molar-refractivity contribution is -0.121. The summed E-state index contributed by atoms with van der Waals surface area (Å²) in [6.45, 7) is 3.86. The standard InChI is InChI=1S/C15H24N4O3/c1-3-7-19-12(4-6-17-19)15(21)18-8-5-13(22-2)11(10-18)9-14(16)20/h4,6,11,13H,3,5,7-10H2,1-2H3,(H2,16,20)/t11-,13-/m1/s1. The van der Waals surface area contributed by atoms with Crippen LogP contribution in [0.15, 0.2) is 12.3 Å². The molecule has 0 aliphatic carbocycles. The average molecular weight is 308 g/mol. The maximum absolute atomic E-state index is 12.7. The van der Waals surface area contributed by atoms with E-state index >= 15 is 0 Å². The van der Waals surface area contributed by atoms with Crippen molar-refractivity contribution in [1.29, 1.82) is 0 Å². The van der Waals surface area contributed by atoms with Crippen LogP contribution in [0, 0.1) is 5.92 Å². The Morgan fingerprint density at radius 2 is 2.27 bits per heavy atom. The number of ether oxygens (including phenoxy) is 1. The second-order valence-corrected chi connectivity index (χ2v) is 5.68. The van der Waals surface area contributed by atoms with Gasteiger partial charge in [-0.15, -0.1) is 0 Å². The summed E-state index contributed by atoms with van der Waals surface area (Å²) >= 11 is 0. The Labute approximate surface area is 130 Å². The van der Waals surface area contributed by atoms with E-state index in [1.165, 1.54) is 0 Å². The summed E-state index contributed by atoms with van der Waals surface area (Å²) in [5, 5.41) is 4.19. The molecule has 2 amide bonds. The number of hydrogen-bond acceptors (Lipinski definition) is 4. The number of carbonyl (C=O) groups is 2. The van der Waals surface area contributed by atoms with E-state index < -0.39 is 0 Å². The first kappa shape index (κ1) is 16.5. The zero-order valence-corrected chi connectivity index (χ0v) is 13.2. The van der Waals surface area contributed by atoms with Gasteiger partial charge in [0.05, 0.1) is 6.10 Å². The summed E-state index contributed by atoms with van der Waals surface area (Å²) in [5.41, 5.74) is 5.90.